The largest absolute Gasteiger partial charge is 0.872 e. The SMILES string of the molecule is O=C(CNC(=O)c1ccc(Cl)cc1)N/N=C\c1cc([N+](=O)[O-])ccc1[O-]. The van der Waals surface area contributed by atoms with Gasteiger partial charge in [0.15, 0.2) is 0 Å². The number of carbonyl (C=O) groups excluding carboxylic acids is 2. The summed E-state index contributed by atoms with van der Waals surface area (Å²) in [6, 6.07) is 9.25. The molecule has 2 amide bonds. The summed E-state index contributed by atoms with van der Waals surface area (Å²) in [6.07, 6.45) is 0.994. The third-order valence-corrected chi connectivity index (χ3v) is 3.36. The Labute approximate surface area is 152 Å². The first-order valence-corrected chi connectivity index (χ1v) is 7.56. The number of nitrogens with zero attached hydrogens (tertiary/aromatic N) is 2. The van der Waals surface area contributed by atoms with Gasteiger partial charge < -0.3 is 10.4 Å². The third-order valence-electron chi connectivity index (χ3n) is 3.11. The van der Waals surface area contributed by atoms with Crippen molar-refractivity contribution in [2.24, 2.45) is 5.10 Å². The molecule has 26 heavy (non-hydrogen) atoms. The number of non-ortho nitro benzene ring substituents is 1. The van der Waals surface area contributed by atoms with Crippen LogP contribution in [0.5, 0.6) is 5.75 Å². The second kappa shape index (κ2) is 8.58. The molecular weight excluding hydrogens is 364 g/mol. The number of nitro groups is 1. The predicted octanol–water partition coefficient (Wildman–Crippen LogP) is 1.20. The van der Waals surface area contributed by atoms with Gasteiger partial charge in [0.2, 0.25) is 0 Å². The number of nitrogens with one attached hydrogen (secondary N) is 2. The van der Waals surface area contributed by atoms with Gasteiger partial charge in [-0.3, -0.25) is 19.7 Å². The minimum Gasteiger partial charge on any atom is -0.872 e. The Morgan fingerprint density at radius 1 is 1.19 bits per heavy atom. The molecule has 0 aliphatic rings. The monoisotopic (exact) mass is 375 g/mol. The van der Waals surface area contributed by atoms with Crippen LogP contribution in [0.25, 0.3) is 0 Å². The Balaban J connectivity index is 1.87. The van der Waals surface area contributed by atoms with Gasteiger partial charge in [0.25, 0.3) is 17.5 Å². The van der Waals surface area contributed by atoms with E-state index in [1.165, 1.54) is 12.1 Å². The average Bonchev–Trinajstić information content (AvgIpc) is 2.61. The van der Waals surface area contributed by atoms with Crippen LogP contribution < -0.4 is 15.8 Å². The quantitative estimate of drug-likeness (QED) is 0.444. The maximum absolute atomic E-state index is 11.8. The fourth-order valence-electron chi connectivity index (χ4n) is 1.83. The predicted molar refractivity (Wildman–Crippen MR) is 92.1 cm³/mol. The Morgan fingerprint density at radius 3 is 2.54 bits per heavy atom. The molecule has 0 aromatic heterocycles. The molecular formula is C16H12ClN4O5-. The van der Waals surface area contributed by atoms with Gasteiger partial charge in [-0.15, -0.1) is 0 Å². The zero-order chi connectivity index (χ0) is 19.1. The van der Waals surface area contributed by atoms with Crippen LogP contribution in [0.2, 0.25) is 5.02 Å². The van der Waals surface area contributed by atoms with Gasteiger partial charge in [-0.1, -0.05) is 23.4 Å². The Hall–Kier alpha value is -3.46. The van der Waals surface area contributed by atoms with Crippen molar-refractivity contribution in [3.05, 3.63) is 68.7 Å². The molecule has 0 spiro atoms. The van der Waals surface area contributed by atoms with Gasteiger partial charge >= 0.3 is 0 Å². The zero-order valence-electron chi connectivity index (χ0n) is 13.1. The summed E-state index contributed by atoms with van der Waals surface area (Å²) in [6.45, 7) is -0.349. The summed E-state index contributed by atoms with van der Waals surface area (Å²) in [5, 5.41) is 28.7. The second-order valence-electron chi connectivity index (χ2n) is 4.96. The van der Waals surface area contributed by atoms with E-state index in [1.54, 1.807) is 12.1 Å². The van der Waals surface area contributed by atoms with Crippen LogP contribution in [0, 0.1) is 10.1 Å². The summed E-state index contributed by atoms with van der Waals surface area (Å²) in [5.41, 5.74) is 2.12. The Bertz CT molecular complexity index is 867. The number of rotatable bonds is 6. The molecule has 0 aliphatic carbocycles. The topological polar surface area (TPSA) is 137 Å². The molecule has 10 heteroatoms. The molecule has 2 aromatic rings. The highest BCUT2D eigenvalue weighted by Gasteiger charge is 2.08. The van der Waals surface area contributed by atoms with Crippen molar-refractivity contribution >= 4 is 35.3 Å². The molecule has 0 bridgehead atoms. The first kappa shape index (κ1) is 18.9. The van der Waals surface area contributed by atoms with Gasteiger partial charge in [-0.2, -0.15) is 5.10 Å². The first-order valence-electron chi connectivity index (χ1n) is 7.18. The van der Waals surface area contributed by atoms with Crippen LogP contribution >= 0.6 is 11.6 Å². The van der Waals surface area contributed by atoms with Gasteiger partial charge in [0.05, 0.1) is 17.7 Å². The van der Waals surface area contributed by atoms with Crippen molar-refractivity contribution in [1.29, 1.82) is 0 Å². The number of carbonyl (C=O) groups is 2. The second-order valence-corrected chi connectivity index (χ2v) is 5.40. The molecule has 0 saturated heterocycles. The molecule has 0 atom stereocenters. The average molecular weight is 376 g/mol. The molecule has 0 fully saturated rings. The van der Waals surface area contributed by atoms with Crippen molar-refractivity contribution in [3.63, 3.8) is 0 Å². The van der Waals surface area contributed by atoms with Crippen LogP contribution in [0.15, 0.2) is 47.6 Å². The fourth-order valence-corrected chi connectivity index (χ4v) is 1.95. The first-order chi connectivity index (χ1) is 12.4. The molecule has 0 aliphatic heterocycles. The highest BCUT2D eigenvalue weighted by atomic mass is 35.5. The van der Waals surface area contributed by atoms with Gasteiger partial charge in [-0.05, 0) is 29.8 Å². The zero-order valence-corrected chi connectivity index (χ0v) is 13.9. The summed E-state index contributed by atoms with van der Waals surface area (Å²) in [5.74, 6) is -1.59. The van der Waals surface area contributed by atoms with Crippen LogP contribution in [0.4, 0.5) is 5.69 Å². The minimum absolute atomic E-state index is 0.0512. The van der Waals surface area contributed by atoms with Crippen molar-refractivity contribution in [2.45, 2.75) is 0 Å². The van der Waals surface area contributed by atoms with Gasteiger partial charge in [0, 0.05) is 22.7 Å². The van der Waals surface area contributed by atoms with E-state index in [9.17, 15) is 24.8 Å². The summed E-state index contributed by atoms with van der Waals surface area (Å²) in [4.78, 5) is 33.5. The van der Waals surface area contributed by atoms with Crippen molar-refractivity contribution in [3.8, 4) is 5.75 Å². The normalized spacial score (nSPS) is 10.5. The molecule has 0 saturated carbocycles. The fraction of sp³-hybridized carbons (Fsp3) is 0.0625. The van der Waals surface area contributed by atoms with Crippen LogP contribution in [-0.2, 0) is 4.79 Å². The van der Waals surface area contributed by atoms with Crippen molar-refractivity contribution in [1.82, 2.24) is 10.7 Å². The van der Waals surface area contributed by atoms with Gasteiger partial charge in [0.1, 0.15) is 0 Å². The number of nitro benzene ring substituents is 1. The van der Waals surface area contributed by atoms with Crippen LogP contribution in [0.3, 0.4) is 0 Å². The number of hydrazone groups is 1. The molecule has 2 rings (SSSR count). The lowest BCUT2D eigenvalue weighted by Crippen LogP contribution is -2.34. The highest BCUT2D eigenvalue weighted by molar-refractivity contribution is 6.30. The van der Waals surface area contributed by atoms with Crippen molar-refractivity contribution < 1.29 is 19.6 Å². The summed E-state index contributed by atoms with van der Waals surface area (Å²) in [7, 11) is 0. The number of hydrogen-bond acceptors (Lipinski definition) is 6. The van der Waals surface area contributed by atoms with Crippen molar-refractivity contribution in [2.75, 3.05) is 6.54 Å². The number of amides is 2. The maximum Gasteiger partial charge on any atom is 0.270 e. The van der Waals surface area contributed by atoms with E-state index in [1.807, 2.05) is 0 Å². The Morgan fingerprint density at radius 2 is 1.88 bits per heavy atom. The van der Waals surface area contributed by atoms with Crippen LogP contribution in [0.1, 0.15) is 15.9 Å². The maximum atomic E-state index is 11.8. The Kier molecular flexibility index (Phi) is 6.23. The smallest absolute Gasteiger partial charge is 0.270 e. The lowest BCUT2D eigenvalue weighted by molar-refractivity contribution is -0.385. The molecule has 0 heterocycles. The molecule has 0 unspecified atom stereocenters. The highest BCUT2D eigenvalue weighted by Crippen LogP contribution is 2.18. The van der Waals surface area contributed by atoms with E-state index in [4.69, 9.17) is 11.6 Å². The third kappa shape index (κ3) is 5.28. The number of benzene rings is 2. The van der Waals surface area contributed by atoms with Crippen LogP contribution in [-0.4, -0.2) is 29.5 Å². The minimum atomic E-state index is -0.651. The molecule has 2 aromatic carbocycles. The molecule has 0 radical (unpaired) electrons. The number of halogens is 1. The van der Waals surface area contributed by atoms with Gasteiger partial charge in [-0.25, -0.2) is 5.43 Å². The lowest BCUT2D eigenvalue weighted by Gasteiger charge is -2.08. The molecule has 134 valence electrons. The van der Waals surface area contributed by atoms with E-state index < -0.39 is 22.5 Å². The van der Waals surface area contributed by atoms with E-state index in [-0.39, 0.29) is 17.8 Å². The van der Waals surface area contributed by atoms with E-state index in [0.29, 0.717) is 10.6 Å². The summed E-state index contributed by atoms with van der Waals surface area (Å²) < 4.78 is 0. The molecule has 2 N–H and O–H groups in total. The molecule has 9 nitrogen and oxygen atoms in total. The standard InChI is InChI=1S/C16H13ClN4O5/c17-12-3-1-10(2-4-12)16(24)18-9-15(23)20-19-8-11-7-13(21(25)26)5-6-14(11)22/h1-8,22H,9H2,(H,18,24)(H,20,23)/p-1/b19-8-. The summed E-state index contributed by atoms with van der Waals surface area (Å²) >= 11 is 5.72. The lowest BCUT2D eigenvalue weighted by atomic mass is 10.2. The number of hydrogen-bond donors (Lipinski definition) is 2. The van der Waals surface area contributed by atoms with E-state index >= 15 is 0 Å². The van der Waals surface area contributed by atoms with E-state index in [2.05, 4.69) is 15.8 Å². The van der Waals surface area contributed by atoms with E-state index in [0.717, 1.165) is 24.4 Å².